The second-order valence-electron chi connectivity index (χ2n) is 9.11. The van der Waals surface area contributed by atoms with Gasteiger partial charge in [-0.1, -0.05) is 69.2 Å². The summed E-state index contributed by atoms with van der Waals surface area (Å²) in [6.45, 7) is 7.36. The van der Waals surface area contributed by atoms with Gasteiger partial charge < -0.3 is 14.9 Å². The molecule has 36 heavy (non-hydrogen) atoms. The normalized spacial score (nSPS) is 17.2. The van der Waals surface area contributed by atoms with Crippen molar-refractivity contribution in [2.24, 2.45) is 0 Å². The third kappa shape index (κ3) is 6.37. The fourth-order valence-corrected chi connectivity index (χ4v) is 4.58. The van der Waals surface area contributed by atoms with Crippen LogP contribution in [0.15, 0.2) is 60.2 Å². The highest BCUT2D eigenvalue weighted by atomic mass is 16.6. The van der Waals surface area contributed by atoms with Gasteiger partial charge in [0.15, 0.2) is 0 Å². The summed E-state index contributed by atoms with van der Waals surface area (Å²) in [5, 5.41) is 22.5. The number of rotatable bonds is 13. The number of unbranched alkanes of at least 4 members (excludes halogenated alkanes) is 2. The summed E-state index contributed by atoms with van der Waals surface area (Å²) in [4.78, 5) is 41.1. The van der Waals surface area contributed by atoms with Gasteiger partial charge in [0.25, 0.3) is 17.4 Å². The van der Waals surface area contributed by atoms with E-state index < -0.39 is 22.7 Å². The number of Topliss-reactive ketones (excluding diaryl/α,β-unsaturated/α-hetero) is 1. The first-order chi connectivity index (χ1) is 17.4. The Morgan fingerprint density at radius 1 is 0.972 bits per heavy atom. The molecule has 0 spiro atoms. The summed E-state index contributed by atoms with van der Waals surface area (Å²) in [6.07, 6.45) is 5.04. The maximum Gasteiger partial charge on any atom is 0.295 e. The zero-order valence-corrected chi connectivity index (χ0v) is 21.1. The molecule has 1 unspecified atom stereocenters. The lowest BCUT2D eigenvalue weighted by atomic mass is 9.95. The van der Waals surface area contributed by atoms with E-state index in [1.165, 1.54) is 23.1 Å². The molecule has 1 aliphatic rings. The molecule has 8 heteroatoms. The molecule has 2 aromatic carbocycles. The molecule has 0 bridgehead atoms. The molecule has 1 aliphatic heterocycles. The minimum absolute atomic E-state index is 0.0412. The predicted octanol–water partition coefficient (Wildman–Crippen LogP) is 5.31. The van der Waals surface area contributed by atoms with E-state index >= 15 is 0 Å². The van der Waals surface area contributed by atoms with Crippen molar-refractivity contribution >= 4 is 23.1 Å². The van der Waals surface area contributed by atoms with Crippen molar-refractivity contribution in [2.75, 3.05) is 26.2 Å². The fraction of sp³-hybridized carbons (Fsp3) is 0.429. The van der Waals surface area contributed by atoms with Gasteiger partial charge in [-0.25, -0.2) is 0 Å². The second kappa shape index (κ2) is 13.0. The molecule has 1 saturated heterocycles. The summed E-state index contributed by atoms with van der Waals surface area (Å²) in [6, 6.07) is 13.6. The van der Waals surface area contributed by atoms with Gasteiger partial charge in [-0.05, 0) is 44.5 Å². The highest BCUT2D eigenvalue weighted by Crippen LogP contribution is 2.40. The summed E-state index contributed by atoms with van der Waals surface area (Å²) < 4.78 is 0. The molecular formula is C28H35N3O5. The molecule has 0 saturated carbocycles. The molecule has 192 valence electrons. The molecule has 0 aromatic heterocycles. The van der Waals surface area contributed by atoms with Crippen LogP contribution in [0.2, 0.25) is 0 Å². The predicted molar refractivity (Wildman–Crippen MR) is 139 cm³/mol. The topological polar surface area (TPSA) is 104 Å². The van der Waals surface area contributed by atoms with Gasteiger partial charge in [-0.2, -0.15) is 0 Å². The maximum atomic E-state index is 13.2. The number of ketones is 1. The number of hydrogen-bond acceptors (Lipinski definition) is 6. The molecule has 1 atom stereocenters. The Morgan fingerprint density at radius 2 is 1.61 bits per heavy atom. The van der Waals surface area contributed by atoms with Crippen molar-refractivity contribution in [1.82, 2.24) is 9.80 Å². The van der Waals surface area contributed by atoms with Crippen LogP contribution in [0.3, 0.4) is 0 Å². The van der Waals surface area contributed by atoms with Crippen LogP contribution in [-0.2, 0) is 9.59 Å². The van der Waals surface area contributed by atoms with Gasteiger partial charge in [-0.3, -0.25) is 19.7 Å². The Hall–Kier alpha value is -3.52. The lowest BCUT2D eigenvalue weighted by Gasteiger charge is -2.27. The molecule has 1 N–H and O–H groups in total. The van der Waals surface area contributed by atoms with Gasteiger partial charge in [0.05, 0.1) is 16.5 Å². The molecule has 0 aliphatic carbocycles. The first-order valence-electron chi connectivity index (χ1n) is 12.7. The Morgan fingerprint density at radius 3 is 2.22 bits per heavy atom. The summed E-state index contributed by atoms with van der Waals surface area (Å²) >= 11 is 0. The van der Waals surface area contributed by atoms with Crippen LogP contribution in [0.5, 0.6) is 0 Å². The number of aliphatic hydroxyl groups excluding tert-OH is 1. The van der Waals surface area contributed by atoms with E-state index in [1.54, 1.807) is 36.4 Å². The molecule has 1 heterocycles. The third-order valence-electron chi connectivity index (χ3n) is 6.51. The van der Waals surface area contributed by atoms with E-state index in [1.807, 2.05) is 0 Å². The number of nitrogens with zero attached hydrogens (tertiary/aromatic N) is 3. The highest BCUT2D eigenvalue weighted by Gasteiger charge is 2.46. The van der Waals surface area contributed by atoms with Crippen LogP contribution in [0.4, 0.5) is 5.69 Å². The van der Waals surface area contributed by atoms with Gasteiger partial charge in [0.1, 0.15) is 5.76 Å². The number of aliphatic hydroxyl groups is 1. The first kappa shape index (κ1) is 27.1. The minimum Gasteiger partial charge on any atom is -0.507 e. The molecule has 0 radical (unpaired) electrons. The Kier molecular flexibility index (Phi) is 9.76. The lowest BCUT2D eigenvalue weighted by molar-refractivity contribution is -0.384. The summed E-state index contributed by atoms with van der Waals surface area (Å²) in [7, 11) is 0. The van der Waals surface area contributed by atoms with Crippen LogP contribution < -0.4 is 0 Å². The van der Waals surface area contributed by atoms with E-state index in [4.69, 9.17) is 0 Å². The smallest absolute Gasteiger partial charge is 0.295 e. The van der Waals surface area contributed by atoms with Gasteiger partial charge in [0, 0.05) is 24.2 Å². The van der Waals surface area contributed by atoms with Gasteiger partial charge in [-0.15, -0.1) is 0 Å². The second-order valence-corrected chi connectivity index (χ2v) is 9.11. The highest BCUT2D eigenvalue weighted by molar-refractivity contribution is 6.46. The Labute approximate surface area is 212 Å². The number of carbonyl (C=O) groups excluding carboxylic acids is 2. The summed E-state index contributed by atoms with van der Waals surface area (Å²) in [5.41, 5.74) is 0.662. The number of hydrogen-bond donors (Lipinski definition) is 1. The van der Waals surface area contributed by atoms with Crippen molar-refractivity contribution in [2.45, 2.75) is 52.0 Å². The number of benzene rings is 2. The largest absolute Gasteiger partial charge is 0.507 e. The van der Waals surface area contributed by atoms with Gasteiger partial charge >= 0.3 is 0 Å². The quantitative estimate of drug-likeness (QED) is 0.133. The van der Waals surface area contributed by atoms with Crippen LogP contribution >= 0.6 is 0 Å². The van der Waals surface area contributed by atoms with Crippen molar-refractivity contribution < 1.29 is 19.6 Å². The van der Waals surface area contributed by atoms with Crippen molar-refractivity contribution in [3.63, 3.8) is 0 Å². The fourth-order valence-electron chi connectivity index (χ4n) is 4.58. The number of nitro groups is 1. The number of non-ortho nitro benzene ring substituents is 1. The zero-order valence-electron chi connectivity index (χ0n) is 21.1. The average molecular weight is 494 g/mol. The number of nitro benzene ring substituents is 1. The molecule has 2 aromatic rings. The van der Waals surface area contributed by atoms with Crippen molar-refractivity contribution in [3.05, 3.63) is 81.4 Å². The SMILES string of the molecule is CCCCN(CCCC)CCCN1C(=O)C(=O)/C(=C(\O)c2ccccc2)C1c1cccc([N+](=O)[O-])c1. The Balaban J connectivity index is 1.95. The van der Waals surface area contributed by atoms with Crippen LogP contribution in [-0.4, -0.2) is 57.7 Å². The van der Waals surface area contributed by atoms with E-state index in [0.717, 1.165) is 45.3 Å². The standard InChI is InChI=1S/C28H35N3O5/c1-3-5-16-29(17-6-4-2)18-11-19-30-25(22-14-10-15-23(20-22)31(35)36)24(27(33)28(30)34)26(32)21-12-8-7-9-13-21/h7-10,12-15,20,25,32H,3-6,11,16-19H2,1-2H3/b26-24-. The minimum atomic E-state index is -0.898. The molecule has 1 fully saturated rings. The maximum absolute atomic E-state index is 13.2. The third-order valence-corrected chi connectivity index (χ3v) is 6.51. The van der Waals surface area contributed by atoms with Crippen LogP contribution in [0, 0.1) is 10.1 Å². The summed E-state index contributed by atoms with van der Waals surface area (Å²) in [5.74, 6) is -1.75. The molecular weight excluding hydrogens is 458 g/mol. The monoisotopic (exact) mass is 493 g/mol. The molecule has 1 amide bonds. The van der Waals surface area contributed by atoms with E-state index in [-0.39, 0.29) is 17.0 Å². The first-order valence-corrected chi connectivity index (χ1v) is 12.7. The molecule has 8 nitrogen and oxygen atoms in total. The number of likely N-dealkylation sites (tertiary alicyclic amines) is 1. The van der Waals surface area contributed by atoms with Crippen LogP contribution in [0.25, 0.3) is 5.76 Å². The Bertz CT molecular complexity index is 1090. The lowest BCUT2D eigenvalue weighted by Crippen LogP contribution is -2.34. The van der Waals surface area contributed by atoms with E-state index in [9.17, 15) is 24.8 Å². The molecule has 3 rings (SSSR count). The van der Waals surface area contributed by atoms with E-state index in [2.05, 4.69) is 18.7 Å². The van der Waals surface area contributed by atoms with Crippen LogP contribution in [0.1, 0.15) is 63.1 Å². The van der Waals surface area contributed by atoms with E-state index in [0.29, 0.717) is 24.1 Å². The zero-order chi connectivity index (χ0) is 26.1. The van der Waals surface area contributed by atoms with Gasteiger partial charge in [0.2, 0.25) is 0 Å². The van der Waals surface area contributed by atoms with Crippen molar-refractivity contribution in [3.8, 4) is 0 Å². The number of amides is 1. The van der Waals surface area contributed by atoms with Crippen molar-refractivity contribution in [1.29, 1.82) is 0 Å². The number of carbonyl (C=O) groups is 2. The average Bonchev–Trinajstić information content (AvgIpc) is 3.15.